The van der Waals surface area contributed by atoms with Gasteiger partial charge in [-0.15, -0.1) is 6.42 Å². The summed E-state index contributed by atoms with van der Waals surface area (Å²) in [7, 11) is 1.83. The van der Waals surface area contributed by atoms with E-state index < -0.39 is 0 Å². The number of nitrogens with zero attached hydrogens (tertiary/aromatic N) is 2. The third-order valence-corrected chi connectivity index (χ3v) is 0.872. The van der Waals surface area contributed by atoms with Gasteiger partial charge in [0.05, 0.1) is 11.8 Å². The van der Waals surface area contributed by atoms with E-state index >= 15 is 0 Å². The summed E-state index contributed by atoms with van der Waals surface area (Å²) in [6.45, 7) is 0. The first-order chi connectivity index (χ1) is 3.83. The molecular weight excluding hydrogens is 100 g/mol. The molecule has 0 aliphatic rings. The van der Waals surface area contributed by atoms with Crippen LogP contribution >= 0.6 is 0 Å². The molecule has 0 spiro atoms. The van der Waals surface area contributed by atoms with E-state index in [2.05, 4.69) is 11.0 Å². The molecule has 2 heteroatoms. The Kier molecular flexibility index (Phi) is 1.05. The van der Waals surface area contributed by atoms with Crippen molar-refractivity contribution in [3.05, 3.63) is 18.0 Å². The Morgan fingerprint density at radius 3 is 2.88 bits per heavy atom. The highest BCUT2D eigenvalue weighted by Gasteiger charge is 1.85. The van der Waals surface area contributed by atoms with Crippen molar-refractivity contribution in [2.24, 2.45) is 7.05 Å². The van der Waals surface area contributed by atoms with Crippen molar-refractivity contribution in [1.29, 1.82) is 0 Å². The lowest BCUT2D eigenvalue weighted by Gasteiger charge is -1.78. The van der Waals surface area contributed by atoms with Gasteiger partial charge in [0.15, 0.2) is 0 Å². The molecule has 0 radical (unpaired) electrons. The number of rotatable bonds is 0. The third-order valence-electron chi connectivity index (χ3n) is 0.872. The topological polar surface area (TPSA) is 17.8 Å². The molecule has 0 aliphatic carbocycles. The summed E-state index contributed by atoms with van der Waals surface area (Å²) in [5, 5.41) is 3.86. The second-order valence-corrected chi connectivity index (χ2v) is 1.55. The highest BCUT2D eigenvalue weighted by molar-refractivity contribution is 5.25. The summed E-state index contributed by atoms with van der Waals surface area (Å²) in [5.74, 6) is 2.46. The van der Waals surface area contributed by atoms with Gasteiger partial charge in [0.25, 0.3) is 0 Å². The lowest BCUT2D eigenvalue weighted by molar-refractivity contribution is 0.767. The number of terminal acetylenes is 1. The molecular formula is C6H6N2. The van der Waals surface area contributed by atoms with Gasteiger partial charge in [-0.1, -0.05) is 5.92 Å². The smallest absolute Gasteiger partial charge is 0.0646 e. The van der Waals surface area contributed by atoms with Gasteiger partial charge in [-0.2, -0.15) is 5.10 Å². The van der Waals surface area contributed by atoms with Gasteiger partial charge in [0.2, 0.25) is 0 Å². The van der Waals surface area contributed by atoms with Crippen LogP contribution in [0, 0.1) is 12.3 Å². The molecule has 1 heterocycles. The zero-order chi connectivity index (χ0) is 5.98. The predicted octanol–water partition coefficient (Wildman–Crippen LogP) is 0.401. The molecule has 1 aromatic heterocycles. The normalized spacial score (nSPS) is 8.50. The monoisotopic (exact) mass is 106 g/mol. The fourth-order valence-electron chi connectivity index (χ4n) is 0.496. The molecule has 0 unspecified atom stereocenters. The highest BCUT2D eigenvalue weighted by atomic mass is 15.2. The Labute approximate surface area is 48.1 Å². The van der Waals surface area contributed by atoms with Crippen LogP contribution in [0.1, 0.15) is 5.56 Å². The molecule has 2 nitrogen and oxygen atoms in total. The van der Waals surface area contributed by atoms with E-state index in [1.807, 2.05) is 7.05 Å². The van der Waals surface area contributed by atoms with Gasteiger partial charge >= 0.3 is 0 Å². The van der Waals surface area contributed by atoms with Crippen molar-refractivity contribution < 1.29 is 0 Å². The molecule has 1 rings (SSSR count). The van der Waals surface area contributed by atoms with E-state index in [1.165, 1.54) is 0 Å². The molecule has 0 aliphatic heterocycles. The van der Waals surface area contributed by atoms with Gasteiger partial charge < -0.3 is 0 Å². The molecule has 0 N–H and O–H groups in total. The van der Waals surface area contributed by atoms with Crippen molar-refractivity contribution >= 4 is 0 Å². The van der Waals surface area contributed by atoms with E-state index in [0.29, 0.717) is 0 Å². The van der Waals surface area contributed by atoms with Crippen molar-refractivity contribution in [3.8, 4) is 12.3 Å². The Morgan fingerprint density at radius 1 is 1.88 bits per heavy atom. The fourth-order valence-corrected chi connectivity index (χ4v) is 0.496. The van der Waals surface area contributed by atoms with E-state index in [9.17, 15) is 0 Å². The van der Waals surface area contributed by atoms with Crippen molar-refractivity contribution in [1.82, 2.24) is 9.78 Å². The number of hydrogen-bond acceptors (Lipinski definition) is 1. The first-order valence-corrected chi connectivity index (χ1v) is 2.28. The Hall–Kier alpha value is -1.23. The van der Waals surface area contributed by atoms with Crippen LogP contribution in [0.3, 0.4) is 0 Å². The van der Waals surface area contributed by atoms with Crippen LogP contribution in [-0.4, -0.2) is 9.78 Å². The van der Waals surface area contributed by atoms with Crippen LogP contribution in [0.25, 0.3) is 0 Å². The summed E-state index contributed by atoms with van der Waals surface area (Å²) >= 11 is 0. The Balaban J connectivity index is 3.05. The quantitative estimate of drug-likeness (QED) is 0.438. The molecule has 0 saturated carbocycles. The maximum atomic E-state index is 5.06. The van der Waals surface area contributed by atoms with Crippen molar-refractivity contribution in [2.75, 3.05) is 0 Å². The molecule has 0 aromatic carbocycles. The number of hydrogen-bond donors (Lipinski definition) is 0. The Bertz CT molecular complexity index is 217. The van der Waals surface area contributed by atoms with E-state index in [0.717, 1.165) is 5.56 Å². The molecule has 0 fully saturated rings. The molecule has 40 valence electrons. The molecule has 0 atom stereocenters. The summed E-state index contributed by atoms with van der Waals surface area (Å²) in [4.78, 5) is 0. The van der Waals surface area contributed by atoms with Crippen molar-refractivity contribution in [3.63, 3.8) is 0 Å². The zero-order valence-corrected chi connectivity index (χ0v) is 4.63. The summed E-state index contributed by atoms with van der Waals surface area (Å²) in [6, 6.07) is 0. The van der Waals surface area contributed by atoms with Gasteiger partial charge in [-0.25, -0.2) is 0 Å². The average Bonchev–Trinajstić information content (AvgIpc) is 2.14. The SMILES string of the molecule is C#Cc1cnn(C)c1. The summed E-state index contributed by atoms with van der Waals surface area (Å²) in [6.07, 6.45) is 8.50. The standard InChI is InChI=1S/C6H6N2/c1-3-6-4-7-8(2)5-6/h1,4-5H,2H3. The molecule has 0 amide bonds. The molecule has 1 aromatic rings. The second kappa shape index (κ2) is 1.71. The highest BCUT2D eigenvalue weighted by Crippen LogP contribution is 1.89. The van der Waals surface area contributed by atoms with Crippen LogP contribution in [0.4, 0.5) is 0 Å². The van der Waals surface area contributed by atoms with Gasteiger partial charge in [0, 0.05) is 13.2 Å². The van der Waals surface area contributed by atoms with Gasteiger partial charge in [-0.3, -0.25) is 4.68 Å². The van der Waals surface area contributed by atoms with Crippen LogP contribution in [0.5, 0.6) is 0 Å². The number of aryl methyl sites for hydroxylation is 1. The van der Waals surface area contributed by atoms with Gasteiger partial charge in [-0.05, 0) is 0 Å². The van der Waals surface area contributed by atoms with Crippen LogP contribution in [-0.2, 0) is 7.05 Å². The fraction of sp³-hybridized carbons (Fsp3) is 0.167. The lowest BCUT2D eigenvalue weighted by atomic mass is 10.4. The lowest BCUT2D eigenvalue weighted by Crippen LogP contribution is -1.83. The average molecular weight is 106 g/mol. The Morgan fingerprint density at radius 2 is 2.62 bits per heavy atom. The summed E-state index contributed by atoms with van der Waals surface area (Å²) < 4.78 is 1.68. The number of aromatic nitrogens is 2. The van der Waals surface area contributed by atoms with Crippen molar-refractivity contribution in [2.45, 2.75) is 0 Å². The van der Waals surface area contributed by atoms with Crippen LogP contribution < -0.4 is 0 Å². The zero-order valence-electron chi connectivity index (χ0n) is 4.63. The van der Waals surface area contributed by atoms with Crippen LogP contribution in [0.15, 0.2) is 12.4 Å². The van der Waals surface area contributed by atoms with E-state index in [1.54, 1.807) is 17.1 Å². The van der Waals surface area contributed by atoms with E-state index in [-0.39, 0.29) is 0 Å². The summed E-state index contributed by atoms with van der Waals surface area (Å²) in [5.41, 5.74) is 0.826. The minimum absolute atomic E-state index is 0.826. The first-order valence-electron chi connectivity index (χ1n) is 2.28. The van der Waals surface area contributed by atoms with E-state index in [4.69, 9.17) is 6.42 Å². The predicted molar refractivity (Wildman–Crippen MR) is 31.1 cm³/mol. The van der Waals surface area contributed by atoms with Gasteiger partial charge in [0.1, 0.15) is 0 Å². The molecule has 8 heavy (non-hydrogen) atoms. The first kappa shape index (κ1) is 4.92. The molecule has 0 bridgehead atoms. The largest absolute Gasteiger partial charge is 0.275 e. The minimum atomic E-state index is 0.826. The second-order valence-electron chi connectivity index (χ2n) is 1.55. The molecule has 0 saturated heterocycles. The minimum Gasteiger partial charge on any atom is -0.275 e. The third kappa shape index (κ3) is 0.710. The maximum absolute atomic E-state index is 5.06. The van der Waals surface area contributed by atoms with Crippen LogP contribution in [0.2, 0.25) is 0 Å². The maximum Gasteiger partial charge on any atom is 0.0646 e.